The lowest BCUT2D eigenvalue weighted by molar-refractivity contribution is -0.129. The summed E-state index contributed by atoms with van der Waals surface area (Å²) >= 11 is 0. The van der Waals surface area contributed by atoms with Crippen LogP contribution in [0.3, 0.4) is 0 Å². The Morgan fingerprint density at radius 1 is 0.942 bits per heavy atom. The standard InChI is InChI=1S/C17H31N3O3.C12H15N3O4.C10H21NO.C4H10N2O.C4H10.C2H4.CH4O/c1-17(2,8-9-22-3)20(19)16-7-5-13-12(4-6-15(16)18)14(13)10-23-11-21;1-13-12(18)19-7-9-2-4-10(5-3-9)15-11(17)6-14-8-16;1-5-6-7-10(12)11-9(4)8(2)3;1-2-3-6-4(5)7;1-4(2)3;2*1-2/h11-14H,4-10,18-19H2,1-3H3;2-5,8H,6-7H2,1H3,(H,13,18)(H,14,16)(H,15,17);8-9H,5-7H2,1-4H3,(H,11,12);2-3H2,1H3,(H3,5,6,7);4H,1-3H3;1-2H2;2H,1H3/b16-15-;;;;;;. The van der Waals surface area contributed by atoms with Crippen molar-refractivity contribution in [3.63, 3.8) is 0 Å². The first kappa shape index (κ1) is 70.2. The maximum absolute atomic E-state index is 11.3. The number of unbranched alkanes of at least 4 members (excludes halogenated alkanes) is 1. The number of hydrogen-bond acceptors (Lipinski definition) is 13. The minimum Gasteiger partial charge on any atom is -0.468 e. The van der Waals surface area contributed by atoms with Crippen LogP contribution in [-0.4, -0.2) is 106 Å². The molecule has 6 amide bonds. The third-order valence-electron chi connectivity index (χ3n) is 10.4. The summed E-state index contributed by atoms with van der Waals surface area (Å²) in [7, 11) is 4.18. The van der Waals surface area contributed by atoms with Crippen molar-refractivity contribution in [1.29, 1.82) is 0 Å². The Hall–Kier alpha value is -5.40. The number of ether oxygens (including phenoxy) is 3. The van der Waals surface area contributed by atoms with Crippen molar-refractivity contribution >= 4 is 42.5 Å². The molecule has 4 atom stereocenters. The average molecular weight is 982 g/mol. The summed E-state index contributed by atoms with van der Waals surface area (Å²) in [6, 6.07) is 6.68. The van der Waals surface area contributed by atoms with Crippen LogP contribution in [0.15, 0.2) is 48.8 Å². The highest BCUT2D eigenvalue weighted by molar-refractivity contribution is 5.93. The van der Waals surface area contributed by atoms with Crippen molar-refractivity contribution in [3.8, 4) is 0 Å². The van der Waals surface area contributed by atoms with Crippen molar-refractivity contribution in [1.82, 2.24) is 26.3 Å². The summed E-state index contributed by atoms with van der Waals surface area (Å²) < 4.78 is 15.0. The summed E-state index contributed by atoms with van der Waals surface area (Å²) in [5.74, 6) is 9.43. The Kier molecular flexibility index (Phi) is 44.6. The number of methoxy groups -OCH3 is 1. The lowest BCUT2D eigenvalue weighted by Crippen LogP contribution is -2.49. The SMILES string of the molecule is C=C.CC(C)C.CCCCC(=O)NC(C)C(C)C.CCCNC(N)=O.CNC(=O)OCc1ccc(NC(=O)CNC=O)cc1.CO.COCCC(C)(C)N(N)/C1=C(\N)CCC2C(CC1)C2COC=O. The third kappa shape index (κ3) is 37.2. The first-order chi connectivity index (χ1) is 32.6. The van der Waals surface area contributed by atoms with Gasteiger partial charge in [0.2, 0.25) is 18.2 Å². The Bertz CT molecular complexity index is 1540. The van der Waals surface area contributed by atoms with Crippen LogP contribution in [0.1, 0.15) is 133 Å². The highest BCUT2D eigenvalue weighted by atomic mass is 16.5. The van der Waals surface area contributed by atoms with Gasteiger partial charge in [0.1, 0.15) is 6.61 Å². The van der Waals surface area contributed by atoms with E-state index in [0.29, 0.717) is 74.5 Å². The number of nitrogens with two attached hydrogens (primary N) is 3. The lowest BCUT2D eigenvalue weighted by atomic mass is 9.95. The number of rotatable bonds is 21. The number of fused-ring (bicyclic) bond motifs is 1. The number of alkyl carbamates (subject to hydrolysis) is 1. The number of aliphatic hydroxyl groups excluding tert-OH is 1. The summed E-state index contributed by atoms with van der Waals surface area (Å²) in [4.78, 5) is 63.7. The second-order valence-electron chi connectivity index (χ2n) is 17.7. The number of urea groups is 1. The molecule has 0 saturated heterocycles. The van der Waals surface area contributed by atoms with E-state index in [4.69, 9.17) is 36.6 Å². The van der Waals surface area contributed by atoms with E-state index in [1.54, 1.807) is 31.4 Å². The molecule has 0 bridgehead atoms. The smallest absolute Gasteiger partial charge is 0.407 e. The number of benzene rings is 1. The van der Waals surface area contributed by atoms with Crippen LogP contribution in [-0.2, 0) is 40.0 Å². The van der Waals surface area contributed by atoms with E-state index in [2.05, 4.69) is 102 Å². The fraction of sp³-hybridized carbons (Fsp3) is 0.680. The summed E-state index contributed by atoms with van der Waals surface area (Å²) in [6.07, 6.45) is 8.35. The first-order valence-corrected chi connectivity index (χ1v) is 23.9. The summed E-state index contributed by atoms with van der Waals surface area (Å²) in [6.45, 7) is 29.6. The van der Waals surface area contributed by atoms with Crippen molar-refractivity contribution in [2.75, 3.05) is 52.9 Å². The van der Waals surface area contributed by atoms with Gasteiger partial charge in [-0.15, -0.1) is 13.2 Å². The van der Waals surface area contributed by atoms with Gasteiger partial charge >= 0.3 is 12.1 Å². The van der Waals surface area contributed by atoms with Crippen molar-refractivity contribution < 1.29 is 48.1 Å². The molecule has 0 aliphatic heterocycles. The quantitative estimate of drug-likeness (QED) is 0.0277. The fourth-order valence-electron chi connectivity index (χ4n) is 6.14. The number of hydrazine groups is 1. The van der Waals surface area contributed by atoms with Crippen molar-refractivity contribution in [3.05, 3.63) is 54.4 Å². The lowest BCUT2D eigenvalue weighted by Gasteiger charge is -2.39. The zero-order valence-corrected chi connectivity index (χ0v) is 44.5. The highest BCUT2D eigenvalue weighted by Crippen LogP contribution is 2.54. The minimum absolute atomic E-state index is 0.0783. The maximum atomic E-state index is 11.3. The zero-order valence-electron chi connectivity index (χ0n) is 44.5. The number of hydrogen-bond donors (Lipinski definition) is 9. The molecule has 1 aromatic rings. The largest absolute Gasteiger partial charge is 0.468 e. The molecule has 1 fully saturated rings. The second kappa shape index (κ2) is 43.9. The van der Waals surface area contributed by atoms with Crippen LogP contribution in [0.5, 0.6) is 0 Å². The maximum Gasteiger partial charge on any atom is 0.407 e. The monoisotopic (exact) mass is 982 g/mol. The van der Waals surface area contributed by atoms with Crippen molar-refractivity contribution in [2.24, 2.45) is 46.9 Å². The molecular formula is C50H95N9O10. The number of allylic oxidation sites excluding steroid dienone is 2. The highest BCUT2D eigenvalue weighted by Gasteiger charge is 2.50. The number of amides is 6. The van der Waals surface area contributed by atoms with Crippen molar-refractivity contribution in [2.45, 2.75) is 145 Å². The Morgan fingerprint density at radius 3 is 1.96 bits per heavy atom. The molecule has 0 spiro atoms. The van der Waals surface area contributed by atoms with E-state index in [9.17, 15) is 28.8 Å². The molecular weight excluding hydrogens is 887 g/mol. The van der Waals surface area contributed by atoms with Crippen LogP contribution >= 0.6 is 0 Å². The van der Waals surface area contributed by atoms with Crippen LogP contribution < -0.4 is 43.9 Å². The predicted octanol–water partition coefficient (Wildman–Crippen LogP) is 6.46. The summed E-state index contributed by atoms with van der Waals surface area (Å²) in [5.41, 5.74) is 14.2. The Balaban J connectivity index is -0.000000412. The molecule has 2 aliphatic carbocycles. The number of nitrogens with zero attached hydrogens (tertiary/aromatic N) is 1. The molecule has 69 heavy (non-hydrogen) atoms. The molecule has 1 saturated carbocycles. The molecule has 400 valence electrons. The molecule has 0 aromatic heterocycles. The van der Waals surface area contributed by atoms with E-state index in [0.717, 1.165) is 81.4 Å². The van der Waals surface area contributed by atoms with Gasteiger partial charge in [-0.05, 0) is 113 Å². The zero-order chi connectivity index (χ0) is 54.0. The number of primary amides is 1. The van der Waals surface area contributed by atoms with Gasteiger partial charge in [-0.25, -0.2) is 15.4 Å². The van der Waals surface area contributed by atoms with E-state index in [-0.39, 0.29) is 30.5 Å². The summed E-state index contributed by atoms with van der Waals surface area (Å²) in [5, 5.41) is 21.5. The average Bonchev–Trinajstić information content (AvgIpc) is 3.99. The molecule has 0 radical (unpaired) electrons. The third-order valence-corrected chi connectivity index (χ3v) is 10.4. The fourth-order valence-corrected chi connectivity index (χ4v) is 6.14. The molecule has 4 unspecified atom stereocenters. The minimum atomic E-state index is -0.502. The number of carbonyl (C=O) groups excluding carboxylic acids is 6. The van der Waals surface area contributed by atoms with Gasteiger partial charge in [-0.2, -0.15) is 0 Å². The molecule has 1 aromatic carbocycles. The van der Waals surface area contributed by atoms with E-state index in [1.165, 1.54) is 7.05 Å². The number of aliphatic hydroxyl groups is 1. The van der Waals surface area contributed by atoms with Crippen LogP contribution in [0.4, 0.5) is 15.3 Å². The first-order valence-electron chi connectivity index (χ1n) is 23.9. The van der Waals surface area contributed by atoms with Crippen LogP contribution in [0, 0.1) is 29.6 Å². The van der Waals surface area contributed by atoms with Gasteiger partial charge in [0.25, 0.3) is 6.47 Å². The van der Waals surface area contributed by atoms with Gasteiger partial charge < -0.3 is 62.4 Å². The molecule has 19 heteroatoms. The van der Waals surface area contributed by atoms with Gasteiger partial charge in [0, 0.05) is 64.0 Å². The molecule has 3 rings (SSSR count). The van der Waals surface area contributed by atoms with Gasteiger partial charge in [0.15, 0.2) is 0 Å². The molecule has 2 aliphatic rings. The predicted molar refractivity (Wildman–Crippen MR) is 277 cm³/mol. The van der Waals surface area contributed by atoms with E-state index in [1.807, 2.05) is 11.9 Å². The molecule has 0 heterocycles. The Morgan fingerprint density at radius 2 is 1.51 bits per heavy atom. The molecule has 12 N–H and O–H groups in total. The number of nitrogens with one attached hydrogen (secondary N) is 5. The normalized spacial score (nSPS) is 16.6. The van der Waals surface area contributed by atoms with Gasteiger partial charge in [-0.1, -0.05) is 67.0 Å². The van der Waals surface area contributed by atoms with Gasteiger partial charge in [0.05, 0.1) is 18.7 Å². The Labute approximate surface area is 415 Å². The van der Waals surface area contributed by atoms with Crippen LogP contribution in [0.25, 0.3) is 0 Å². The topological polar surface area (TPSA) is 292 Å². The number of anilines is 1. The van der Waals surface area contributed by atoms with E-state index >= 15 is 0 Å². The second-order valence-corrected chi connectivity index (χ2v) is 17.7. The number of carbonyl (C=O) groups is 6. The van der Waals surface area contributed by atoms with Crippen LogP contribution in [0.2, 0.25) is 0 Å². The van der Waals surface area contributed by atoms with E-state index < -0.39 is 12.1 Å². The molecule has 19 nitrogen and oxygen atoms in total. The van der Waals surface area contributed by atoms with Gasteiger partial charge in [-0.3, -0.25) is 19.2 Å².